The van der Waals surface area contributed by atoms with Gasteiger partial charge in [-0.15, -0.1) is 0 Å². The zero-order valence-electron chi connectivity index (χ0n) is 24.8. The Morgan fingerprint density at radius 3 is 2.19 bits per heavy atom. The highest BCUT2D eigenvalue weighted by Crippen LogP contribution is 2.31. The lowest BCUT2D eigenvalue weighted by Crippen LogP contribution is -2.37. The van der Waals surface area contributed by atoms with E-state index >= 15 is 0 Å². The first-order valence-electron chi connectivity index (χ1n) is 14.0. The molecule has 42 heavy (non-hydrogen) atoms. The SMILES string of the molecule is COc1ccc(C(CC(=O)O)NC(=O)C(CC(=O)Nc2ccc(/C=C/c3ccccc3C)cc2)CC(C)C)cc1OC. The summed E-state index contributed by atoms with van der Waals surface area (Å²) in [5.41, 5.74) is 4.52. The van der Waals surface area contributed by atoms with Gasteiger partial charge in [-0.25, -0.2) is 0 Å². The smallest absolute Gasteiger partial charge is 0.305 e. The van der Waals surface area contributed by atoms with Crippen LogP contribution >= 0.6 is 0 Å². The van der Waals surface area contributed by atoms with Crippen LogP contribution in [-0.4, -0.2) is 37.1 Å². The molecule has 3 aromatic rings. The Hall–Kier alpha value is -4.59. The van der Waals surface area contributed by atoms with Crippen LogP contribution < -0.4 is 20.1 Å². The Kier molecular flexibility index (Phi) is 11.7. The Bertz CT molecular complexity index is 1400. The highest BCUT2D eigenvalue weighted by molar-refractivity contribution is 5.94. The van der Waals surface area contributed by atoms with E-state index in [0.717, 1.165) is 11.1 Å². The number of aliphatic carboxylic acids is 1. The number of carboxylic acid groups (broad SMARTS) is 1. The molecule has 2 unspecified atom stereocenters. The summed E-state index contributed by atoms with van der Waals surface area (Å²) < 4.78 is 10.6. The largest absolute Gasteiger partial charge is 0.493 e. The highest BCUT2D eigenvalue weighted by Gasteiger charge is 2.27. The quantitative estimate of drug-likeness (QED) is 0.190. The van der Waals surface area contributed by atoms with E-state index in [1.165, 1.54) is 19.8 Å². The number of carbonyl (C=O) groups is 3. The third-order valence-corrected chi connectivity index (χ3v) is 6.90. The average Bonchev–Trinajstić information content (AvgIpc) is 2.96. The molecule has 222 valence electrons. The molecular formula is C34H40N2O6. The number of ether oxygens (including phenoxy) is 2. The topological polar surface area (TPSA) is 114 Å². The van der Waals surface area contributed by atoms with Crippen LogP contribution in [-0.2, 0) is 14.4 Å². The van der Waals surface area contributed by atoms with Gasteiger partial charge in [0, 0.05) is 18.0 Å². The molecule has 8 heteroatoms. The van der Waals surface area contributed by atoms with Gasteiger partial charge in [-0.2, -0.15) is 0 Å². The molecule has 0 aliphatic carbocycles. The second kappa shape index (κ2) is 15.4. The molecule has 8 nitrogen and oxygen atoms in total. The van der Waals surface area contributed by atoms with E-state index in [1.54, 1.807) is 18.2 Å². The lowest BCUT2D eigenvalue weighted by atomic mass is 9.92. The number of hydrogen-bond acceptors (Lipinski definition) is 5. The van der Waals surface area contributed by atoms with Gasteiger partial charge in [0.05, 0.1) is 26.7 Å². The number of carboxylic acids is 1. The van der Waals surface area contributed by atoms with Gasteiger partial charge in [0.1, 0.15) is 0 Å². The van der Waals surface area contributed by atoms with Gasteiger partial charge >= 0.3 is 5.97 Å². The summed E-state index contributed by atoms with van der Waals surface area (Å²) >= 11 is 0. The molecule has 0 heterocycles. The molecule has 3 N–H and O–H groups in total. The van der Waals surface area contributed by atoms with Crippen molar-refractivity contribution >= 4 is 35.6 Å². The highest BCUT2D eigenvalue weighted by atomic mass is 16.5. The Labute approximate surface area is 247 Å². The summed E-state index contributed by atoms with van der Waals surface area (Å²) in [6.07, 6.45) is 4.17. The fraction of sp³-hybridized carbons (Fsp3) is 0.324. The number of carbonyl (C=O) groups excluding carboxylic acids is 2. The summed E-state index contributed by atoms with van der Waals surface area (Å²) in [4.78, 5) is 38.1. The second-order valence-corrected chi connectivity index (χ2v) is 10.7. The number of methoxy groups -OCH3 is 2. The van der Waals surface area contributed by atoms with E-state index in [2.05, 4.69) is 35.8 Å². The van der Waals surface area contributed by atoms with E-state index in [-0.39, 0.29) is 30.6 Å². The fourth-order valence-corrected chi connectivity index (χ4v) is 4.71. The number of aryl methyl sites for hydroxylation is 1. The van der Waals surface area contributed by atoms with Gasteiger partial charge in [-0.1, -0.05) is 68.5 Å². The monoisotopic (exact) mass is 572 g/mol. The molecule has 0 aliphatic rings. The van der Waals surface area contributed by atoms with Crippen molar-refractivity contribution in [3.05, 3.63) is 89.0 Å². The van der Waals surface area contributed by atoms with Crippen molar-refractivity contribution in [2.24, 2.45) is 11.8 Å². The minimum absolute atomic E-state index is 0.0370. The van der Waals surface area contributed by atoms with Gasteiger partial charge in [0.15, 0.2) is 11.5 Å². The molecule has 0 radical (unpaired) electrons. The van der Waals surface area contributed by atoms with Crippen LogP contribution in [0.1, 0.15) is 61.4 Å². The van der Waals surface area contributed by atoms with Crippen molar-refractivity contribution in [2.45, 2.75) is 46.1 Å². The summed E-state index contributed by atoms with van der Waals surface area (Å²) in [6.45, 7) is 6.02. The maximum atomic E-state index is 13.4. The molecule has 3 aromatic carbocycles. The van der Waals surface area contributed by atoms with Crippen molar-refractivity contribution < 1.29 is 29.0 Å². The minimum atomic E-state index is -1.06. The average molecular weight is 573 g/mol. The third kappa shape index (κ3) is 9.51. The number of nitrogens with one attached hydrogen (secondary N) is 2. The van der Waals surface area contributed by atoms with E-state index in [1.807, 2.05) is 56.3 Å². The summed E-state index contributed by atoms with van der Waals surface area (Å²) in [6, 6.07) is 19.8. The molecule has 3 rings (SSSR count). The van der Waals surface area contributed by atoms with Crippen LogP contribution in [0.25, 0.3) is 12.2 Å². The predicted octanol–water partition coefficient (Wildman–Crippen LogP) is 6.51. The first-order valence-corrected chi connectivity index (χ1v) is 14.0. The van der Waals surface area contributed by atoms with Gasteiger partial charge in [0.25, 0.3) is 0 Å². The van der Waals surface area contributed by atoms with Gasteiger partial charge in [0.2, 0.25) is 11.8 Å². The second-order valence-electron chi connectivity index (χ2n) is 10.7. The van der Waals surface area contributed by atoms with Crippen LogP contribution in [0.2, 0.25) is 0 Å². The minimum Gasteiger partial charge on any atom is -0.493 e. The number of amides is 2. The van der Waals surface area contributed by atoms with Crippen molar-refractivity contribution in [2.75, 3.05) is 19.5 Å². The standard InChI is InChI=1S/C34H40N2O6/c1-22(2)18-27(34(40)36-29(21-33(38)39)26-14-17-30(41-4)31(19-26)42-5)20-32(37)35-28-15-11-24(12-16-28)10-13-25-9-7-6-8-23(25)3/h6-17,19,22,27,29H,18,20-21H2,1-5H3,(H,35,37)(H,36,40)(H,38,39)/b13-10+. The lowest BCUT2D eigenvalue weighted by Gasteiger charge is -2.24. The number of rotatable bonds is 14. The Balaban J connectivity index is 1.69. The molecular weight excluding hydrogens is 532 g/mol. The van der Waals surface area contributed by atoms with Crippen LogP contribution in [0.15, 0.2) is 66.7 Å². The van der Waals surface area contributed by atoms with Gasteiger partial charge in [-0.3, -0.25) is 14.4 Å². The van der Waals surface area contributed by atoms with Crippen LogP contribution in [0.3, 0.4) is 0 Å². The normalized spacial score (nSPS) is 12.5. The van der Waals surface area contributed by atoms with Gasteiger partial charge < -0.3 is 25.2 Å². The molecule has 0 spiro atoms. The van der Waals surface area contributed by atoms with Crippen LogP contribution in [0.5, 0.6) is 11.5 Å². The number of anilines is 1. The maximum Gasteiger partial charge on any atom is 0.305 e. The third-order valence-electron chi connectivity index (χ3n) is 6.90. The zero-order chi connectivity index (χ0) is 30.6. The summed E-state index contributed by atoms with van der Waals surface area (Å²) in [7, 11) is 2.99. The number of hydrogen-bond donors (Lipinski definition) is 3. The first kappa shape index (κ1) is 31.9. The van der Waals surface area contributed by atoms with Gasteiger partial charge in [-0.05, 0) is 65.8 Å². The predicted molar refractivity (Wildman–Crippen MR) is 165 cm³/mol. The van der Waals surface area contributed by atoms with E-state index in [4.69, 9.17) is 9.47 Å². The number of benzene rings is 3. The molecule has 0 bridgehead atoms. The van der Waals surface area contributed by atoms with Crippen molar-refractivity contribution in [3.8, 4) is 11.5 Å². The van der Waals surface area contributed by atoms with Crippen molar-refractivity contribution in [1.29, 1.82) is 0 Å². The van der Waals surface area contributed by atoms with Crippen LogP contribution in [0, 0.1) is 18.8 Å². The Morgan fingerprint density at radius 2 is 1.57 bits per heavy atom. The molecule has 0 aliphatic heterocycles. The zero-order valence-corrected chi connectivity index (χ0v) is 24.8. The molecule has 0 saturated heterocycles. The summed E-state index contributed by atoms with van der Waals surface area (Å²) in [5, 5.41) is 15.3. The molecule has 2 atom stereocenters. The molecule has 0 fully saturated rings. The van der Waals surface area contributed by atoms with E-state index in [9.17, 15) is 19.5 Å². The Morgan fingerprint density at radius 1 is 0.881 bits per heavy atom. The van der Waals surface area contributed by atoms with E-state index < -0.39 is 17.9 Å². The fourth-order valence-electron chi connectivity index (χ4n) is 4.71. The maximum absolute atomic E-state index is 13.4. The molecule has 0 saturated carbocycles. The lowest BCUT2D eigenvalue weighted by molar-refractivity contribution is -0.138. The summed E-state index contributed by atoms with van der Waals surface area (Å²) in [5.74, 6) is -1.31. The van der Waals surface area contributed by atoms with Crippen molar-refractivity contribution in [1.82, 2.24) is 5.32 Å². The first-order chi connectivity index (χ1) is 20.1. The van der Waals surface area contributed by atoms with Crippen LogP contribution in [0.4, 0.5) is 5.69 Å². The van der Waals surface area contributed by atoms with E-state index in [0.29, 0.717) is 29.2 Å². The van der Waals surface area contributed by atoms with Crippen molar-refractivity contribution in [3.63, 3.8) is 0 Å². The molecule has 2 amide bonds. The molecule has 0 aromatic heterocycles.